The van der Waals surface area contributed by atoms with Gasteiger partial charge >= 0.3 is 0 Å². The molecule has 1 unspecified atom stereocenters. The minimum atomic E-state index is -2.74. The standard InChI is InChI=1S/C31H34FN3O7/c1-34(2)25-19-12-16-11-18-22(26(37)21(16)28(39)31(19,42)29(40)23(27(25)38)30(33)41)20(36)13-17(24(18)32)14-35(3)10-9-15-7-5-4-6-8-15/h4-8,13,16,19,25,36,38-39,42H,9-12,14H2,1-3H3,(H2,33,41)/t16-,19?,25-,31-/m0/s1. The Morgan fingerprint density at radius 2 is 1.79 bits per heavy atom. The summed E-state index contributed by atoms with van der Waals surface area (Å²) in [7, 11) is 4.92. The van der Waals surface area contributed by atoms with Crippen LogP contribution < -0.4 is 5.73 Å². The number of Topliss-reactive ketones (excluding diaryl/α,β-unsaturated/α-hetero) is 2. The highest BCUT2D eigenvalue weighted by Crippen LogP contribution is 2.52. The number of halogens is 1. The van der Waals surface area contributed by atoms with E-state index in [4.69, 9.17) is 5.73 Å². The van der Waals surface area contributed by atoms with Gasteiger partial charge in [-0.1, -0.05) is 30.3 Å². The number of benzene rings is 2. The van der Waals surface area contributed by atoms with Crippen LogP contribution in [0.15, 0.2) is 59.1 Å². The average molecular weight is 580 g/mol. The van der Waals surface area contributed by atoms with E-state index in [1.54, 1.807) is 14.1 Å². The first kappa shape index (κ1) is 29.4. The van der Waals surface area contributed by atoms with Crippen LogP contribution in [0.2, 0.25) is 0 Å². The van der Waals surface area contributed by atoms with Gasteiger partial charge in [0.2, 0.25) is 5.78 Å². The molecule has 11 heteroatoms. The molecule has 3 aliphatic carbocycles. The molecule has 5 rings (SSSR count). The maximum atomic E-state index is 16.0. The topological polar surface area (TPSA) is 165 Å². The van der Waals surface area contributed by atoms with E-state index in [1.807, 2.05) is 42.3 Å². The summed E-state index contributed by atoms with van der Waals surface area (Å²) in [6, 6.07) is 9.89. The summed E-state index contributed by atoms with van der Waals surface area (Å²) in [5.74, 6) is -8.30. The van der Waals surface area contributed by atoms with Gasteiger partial charge in [0.25, 0.3) is 5.91 Å². The van der Waals surface area contributed by atoms with Gasteiger partial charge in [-0.05, 0) is 58.0 Å². The van der Waals surface area contributed by atoms with E-state index in [0.717, 1.165) is 12.0 Å². The van der Waals surface area contributed by atoms with Crippen molar-refractivity contribution in [3.05, 3.63) is 87.1 Å². The number of carbonyl (C=O) groups excluding carboxylic acids is 3. The molecule has 0 aromatic heterocycles. The number of fused-ring (bicyclic) bond motifs is 3. The Morgan fingerprint density at radius 3 is 2.40 bits per heavy atom. The monoisotopic (exact) mass is 579 g/mol. The third-order valence-electron chi connectivity index (χ3n) is 8.80. The fourth-order valence-corrected chi connectivity index (χ4v) is 6.80. The van der Waals surface area contributed by atoms with E-state index in [2.05, 4.69) is 0 Å². The Kier molecular flexibility index (Phi) is 7.46. The van der Waals surface area contributed by atoms with Crippen LogP contribution in [0.1, 0.15) is 33.5 Å². The Bertz CT molecular complexity index is 1550. The van der Waals surface area contributed by atoms with Crippen molar-refractivity contribution < 1.29 is 39.2 Å². The number of rotatable bonds is 7. The fraction of sp³-hybridized carbons (Fsp3) is 0.387. The maximum Gasteiger partial charge on any atom is 0.255 e. The number of phenols is 1. The molecular weight excluding hydrogens is 545 g/mol. The zero-order chi connectivity index (χ0) is 30.7. The molecule has 4 atom stereocenters. The number of aliphatic hydroxyl groups is 3. The lowest BCUT2D eigenvalue weighted by Crippen LogP contribution is -2.63. The van der Waals surface area contributed by atoms with Crippen molar-refractivity contribution in [1.29, 1.82) is 0 Å². The van der Waals surface area contributed by atoms with Crippen LogP contribution in [-0.2, 0) is 29.0 Å². The number of ketones is 2. The van der Waals surface area contributed by atoms with Crippen LogP contribution in [-0.4, -0.2) is 87.0 Å². The summed E-state index contributed by atoms with van der Waals surface area (Å²) in [4.78, 5) is 42.5. The number of allylic oxidation sites excluding steroid dienone is 1. The highest BCUT2D eigenvalue weighted by Gasteiger charge is 2.63. The minimum absolute atomic E-state index is 0.0143. The molecule has 0 radical (unpaired) electrons. The van der Waals surface area contributed by atoms with Crippen molar-refractivity contribution in [3.8, 4) is 5.75 Å². The van der Waals surface area contributed by atoms with Crippen LogP contribution in [0.3, 0.4) is 0 Å². The molecule has 0 spiro atoms. The summed E-state index contributed by atoms with van der Waals surface area (Å²) in [6.45, 7) is 0.786. The number of nitrogens with zero attached hydrogens (tertiary/aromatic N) is 2. The number of phenolic OH excluding ortho intramolecular Hbond substituents is 1. The molecule has 6 N–H and O–H groups in total. The lowest BCUT2D eigenvalue weighted by molar-refractivity contribution is -0.148. The van der Waals surface area contributed by atoms with Crippen LogP contribution in [0, 0.1) is 17.7 Å². The van der Waals surface area contributed by atoms with Gasteiger partial charge < -0.3 is 31.1 Å². The number of aromatic hydroxyl groups is 1. The number of likely N-dealkylation sites (N-methyl/N-ethyl adjacent to an activating group) is 2. The third-order valence-corrected chi connectivity index (χ3v) is 8.80. The van der Waals surface area contributed by atoms with Gasteiger partial charge in [0.15, 0.2) is 11.4 Å². The molecule has 0 bridgehead atoms. The molecule has 0 aliphatic heterocycles. The van der Waals surface area contributed by atoms with Gasteiger partial charge in [-0.15, -0.1) is 0 Å². The number of aliphatic hydroxyl groups excluding tert-OH is 2. The largest absolute Gasteiger partial charge is 0.510 e. The maximum absolute atomic E-state index is 16.0. The normalized spacial score (nSPS) is 25.5. The Hall–Kier alpha value is -4.06. The van der Waals surface area contributed by atoms with Crippen LogP contribution in [0.25, 0.3) is 0 Å². The molecule has 0 saturated heterocycles. The number of nitrogens with two attached hydrogens (primary N) is 1. The number of amides is 1. The van der Waals surface area contributed by atoms with E-state index in [9.17, 15) is 34.8 Å². The SMILES string of the molecule is CN(CCc1ccccc1)Cc1cc(O)c2c(c1F)C[C@H]1CC3[C@H](N(C)C)C(O)=C(C(N)=O)C(=O)[C@@]3(O)C(O)=C1C2=O. The molecule has 42 heavy (non-hydrogen) atoms. The molecule has 1 amide bonds. The van der Waals surface area contributed by atoms with Crippen LogP contribution in [0.5, 0.6) is 5.75 Å². The molecule has 10 nitrogen and oxygen atoms in total. The van der Waals surface area contributed by atoms with Gasteiger partial charge in [0.05, 0.1) is 11.6 Å². The van der Waals surface area contributed by atoms with Gasteiger partial charge in [0, 0.05) is 35.7 Å². The van der Waals surface area contributed by atoms with E-state index >= 15 is 4.39 Å². The number of hydrogen-bond acceptors (Lipinski definition) is 9. The smallest absolute Gasteiger partial charge is 0.255 e. The van der Waals surface area contributed by atoms with Crippen molar-refractivity contribution in [2.75, 3.05) is 27.7 Å². The molecule has 222 valence electrons. The van der Waals surface area contributed by atoms with Crippen molar-refractivity contribution in [3.63, 3.8) is 0 Å². The second-order valence-electron chi connectivity index (χ2n) is 11.7. The average Bonchev–Trinajstić information content (AvgIpc) is 2.92. The summed E-state index contributed by atoms with van der Waals surface area (Å²) >= 11 is 0. The van der Waals surface area contributed by atoms with E-state index in [-0.39, 0.29) is 41.6 Å². The Labute approximate surface area is 242 Å². The van der Waals surface area contributed by atoms with Crippen molar-refractivity contribution >= 4 is 17.5 Å². The molecule has 0 fully saturated rings. The van der Waals surface area contributed by atoms with Crippen LogP contribution >= 0.6 is 0 Å². The number of hydrogen-bond donors (Lipinski definition) is 5. The van der Waals surface area contributed by atoms with Crippen LogP contribution in [0.4, 0.5) is 4.39 Å². The van der Waals surface area contributed by atoms with Gasteiger partial charge in [-0.2, -0.15) is 0 Å². The molecule has 2 aromatic carbocycles. The zero-order valence-corrected chi connectivity index (χ0v) is 23.6. The van der Waals surface area contributed by atoms with Gasteiger partial charge in [0.1, 0.15) is 28.7 Å². The summed E-state index contributed by atoms with van der Waals surface area (Å²) in [5, 5.41) is 44.7. The second-order valence-corrected chi connectivity index (χ2v) is 11.7. The molecular formula is C31H34FN3O7. The number of carbonyl (C=O) groups is 3. The Balaban J connectivity index is 1.52. The summed E-state index contributed by atoms with van der Waals surface area (Å²) in [6.07, 6.45) is 0.529. The predicted molar refractivity (Wildman–Crippen MR) is 150 cm³/mol. The quantitative estimate of drug-likeness (QED) is 0.308. The number of primary amides is 1. The lowest BCUT2D eigenvalue weighted by Gasteiger charge is -2.50. The fourth-order valence-electron chi connectivity index (χ4n) is 6.80. The molecule has 0 saturated carbocycles. The second kappa shape index (κ2) is 10.6. The van der Waals surface area contributed by atoms with Gasteiger partial charge in [-0.3, -0.25) is 19.3 Å². The first-order chi connectivity index (χ1) is 19.8. The molecule has 0 heterocycles. The van der Waals surface area contributed by atoms with Crippen molar-refractivity contribution in [1.82, 2.24) is 9.80 Å². The third kappa shape index (κ3) is 4.48. The van der Waals surface area contributed by atoms with Gasteiger partial charge in [-0.25, -0.2) is 4.39 Å². The Morgan fingerprint density at radius 1 is 1.12 bits per heavy atom. The van der Waals surface area contributed by atoms with Crippen molar-refractivity contribution in [2.24, 2.45) is 17.6 Å². The molecule has 3 aliphatic rings. The lowest BCUT2D eigenvalue weighted by atomic mass is 9.58. The zero-order valence-electron chi connectivity index (χ0n) is 23.6. The van der Waals surface area contributed by atoms with E-state index < -0.39 is 69.6 Å². The highest BCUT2D eigenvalue weighted by atomic mass is 19.1. The first-order valence-corrected chi connectivity index (χ1v) is 13.7. The summed E-state index contributed by atoms with van der Waals surface area (Å²) in [5.41, 5.74) is 2.38. The predicted octanol–water partition coefficient (Wildman–Crippen LogP) is 1.93. The highest BCUT2D eigenvalue weighted by molar-refractivity contribution is 6.24. The van der Waals surface area contributed by atoms with E-state index in [1.165, 1.54) is 11.0 Å². The minimum Gasteiger partial charge on any atom is -0.510 e. The van der Waals surface area contributed by atoms with E-state index in [0.29, 0.717) is 6.54 Å². The first-order valence-electron chi connectivity index (χ1n) is 13.7. The van der Waals surface area contributed by atoms with Crippen molar-refractivity contribution in [2.45, 2.75) is 37.5 Å². The molecule has 2 aromatic rings. The summed E-state index contributed by atoms with van der Waals surface area (Å²) < 4.78 is 16.0.